The van der Waals surface area contributed by atoms with E-state index in [1.165, 1.54) is 16.2 Å². The molecule has 2 nitrogen and oxygen atoms in total. The molecule has 0 saturated heterocycles. The summed E-state index contributed by atoms with van der Waals surface area (Å²) in [7, 11) is 0. The summed E-state index contributed by atoms with van der Waals surface area (Å²) in [6, 6.07) is 22.7. The summed E-state index contributed by atoms with van der Waals surface area (Å²) in [4.78, 5) is 11.1. The van der Waals surface area contributed by atoms with Crippen LogP contribution in [0.15, 0.2) is 66.7 Å². The molecule has 0 bridgehead atoms. The fourth-order valence-corrected chi connectivity index (χ4v) is 3.16. The summed E-state index contributed by atoms with van der Waals surface area (Å²) < 4.78 is 0. The zero-order valence-electron chi connectivity index (χ0n) is 11.9. The lowest BCUT2D eigenvalue weighted by Crippen LogP contribution is -2.00. The highest BCUT2D eigenvalue weighted by molar-refractivity contribution is 6.12. The van der Waals surface area contributed by atoms with Crippen molar-refractivity contribution in [2.24, 2.45) is 0 Å². The van der Waals surface area contributed by atoms with Gasteiger partial charge in [0.25, 0.3) is 0 Å². The molecular weight excluding hydrogens is 272 g/mol. The van der Waals surface area contributed by atoms with E-state index in [0.717, 1.165) is 21.7 Å². The molecule has 0 amide bonds. The summed E-state index contributed by atoms with van der Waals surface area (Å²) in [5.41, 5.74) is 0.861. The minimum atomic E-state index is -0.800. The van der Waals surface area contributed by atoms with E-state index in [2.05, 4.69) is 36.4 Å². The SMILES string of the molecule is O=C(O)Cc1cccc2cc3c(ccc4ccccc43)cc12. The number of carboxylic acid groups (broad SMARTS) is 1. The zero-order chi connectivity index (χ0) is 15.1. The molecule has 0 radical (unpaired) electrons. The number of benzene rings is 4. The number of rotatable bonds is 2. The predicted octanol–water partition coefficient (Wildman–Crippen LogP) is 4.77. The van der Waals surface area contributed by atoms with Crippen LogP contribution >= 0.6 is 0 Å². The second kappa shape index (κ2) is 4.85. The van der Waals surface area contributed by atoms with Crippen LogP contribution < -0.4 is 0 Å². The van der Waals surface area contributed by atoms with Crippen molar-refractivity contribution in [1.29, 1.82) is 0 Å². The van der Waals surface area contributed by atoms with E-state index in [4.69, 9.17) is 5.11 Å². The quantitative estimate of drug-likeness (QED) is 0.425. The van der Waals surface area contributed by atoms with E-state index < -0.39 is 5.97 Å². The fourth-order valence-electron chi connectivity index (χ4n) is 3.16. The first-order chi connectivity index (χ1) is 10.7. The molecule has 4 aromatic rings. The molecule has 0 aliphatic heterocycles. The van der Waals surface area contributed by atoms with Crippen molar-refractivity contribution in [3.8, 4) is 0 Å². The van der Waals surface area contributed by atoms with Gasteiger partial charge in [-0.25, -0.2) is 0 Å². The third-order valence-electron chi connectivity index (χ3n) is 4.18. The Labute approximate surface area is 127 Å². The van der Waals surface area contributed by atoms with Gasteiger partial charge >= 0.3 is 5.97 Å². The van der Waals surface area contributed by atoms with E-state index >= 15 is 0 Å². The standard InChI is InChI=1S/C20H14O2/c21-20(22)12-15-6-3-5-14-11-19-16(10-18(14)15)9-8-13-4-1-2-7-17(13)19/h1-11H,12H2,(H,21,22). The Balaban J connectivity index is 2.09. The molecule has 0 heterocycles. The minimum absolute atomic E-state index is 0.0520. The lowest BCUT2D eigenvalue weighted by atomic mass is 9.95. The Morgan fingerprint density at radius 2 is 1.41 bits per heavy atom. The smallest absolute Gasteiger partial charge is 0.307 e. The summed E-state index contributed by atoms with van der Waals surface area (Å²) in [6.45, 7) is 0. The minimum Gasteiger partial charge on any atom is -0.481 e. The summed E-state index contributed by atoms with van der Waals surface area (Å²) >= 11 is 0. The Bertz CT molecular complexity index is 1030. The van der Waals surface area contributed by atoms with Crippen LogP contribution in [0.5, 0.6) is 0 Å². The molecule has 106 valence electrons. The van der Waals surface area contributed by atoms with Crippen LogP contribution in [0.1, 0.15) is 5.56 Å². The Hall–Kier alpha value is -2.87. The van der Waals surface area contributed by atoms with Gasteiger partial charge in [0.2, 0.25) is 0 Å². The second-order valence-corrected chi connectivity index (χ2v) is 5.57. The van der Waals surface area contributed by atoms with Crippen molar-refractivity contribution in [3.63, 3.8) is 0 Å². The van der Waals surface area contributed by atoms with Gasteiger partial charge in [-0.3, -0.25) is 4.79 Å². The zero-order valence-corrected chi connectivity index (χ0v) is 11.9. The highest BCUT2D eigenvalue weighted by Gasteiger charge is 2.08. The molecular formula is C20H14O2. The predicted molar refractivity (Wildman–Crippen MR) is 90.3 cm³/mol. The van der Waals surface area contributed by atoms with Crippen molar-refractivity contribution in [1.82, 2.24) is 0 Å². The lowest BCUT2D eigenvalue weighted by Gasteiger charge is -2.09. The molecule has 0 unspecified atom stereocenters. The Morgan fingerprint density at radius 3 is 2.27 bits per heavy atom. The molecule has 1 N–H and O–H groups in total. The van der Waals surface area contributed by atoms with E-state index in [1.807, 2.05) is 30.3 Å². The van der Waals surface area contributed by atoms with E-state index in [0.29, 0.717) is 0 Å². The second-order valence-electron chi connectivity index (χ2n) is 5.57. The maximum atomic E-state index is 11.1. The molecule has 0 saturated carbocycles. The van der Waals surface area contributed by atoms with Gasteiger partial charge in [-0.05, 0) is 50.0 Å². The van der Waals surface area contributed by atoms with E-state index in [-0.39, 0.29) is 6.42 Å². The maximum Gasteiger partial charge on any atom is 0.307 e. The summed E-state index contributed by atoms with van der Waals surface area (Å²) in [5, 5.41) is 16.0. The molecule has 0 aromatic heterocycles. The van der Waals surface area contributed by atoms with Gasteiger partial charge in [-0.1, -0.05) is 54.6 Å². The number of hydrogen-bond acceptors (Lipinski definition) is 1. The molecule has 0 aliphatic rings. The average Bonchev–Trinajstić information content (AvgIpc) is 2.53. The van der Waals surface area contributed by atoms with Crippen LogP contribution in [0.4, 0.5) is 0 Å². The molecule has 2 heteroatoms. The largest absolute Gasteiger partial charge is 0.481 e. The van der Waals surface area contributed by atoms with Crippen molar-refractivity contribution in [2.45, 2.75) is 6.42 Å². The average molecular weight is 286 g/mol. The van der Waals surface area contributed by atoms with Gasteiger partial charge in [0.05, 0.1) is 6.42 Å². The molecule has 22 heavy (non-hydrogen) atoms. The van der Waals surface area contributed by atoms with Crippen LogP contribution in [0.3, 0.4) is 0 Å². The number of hydrogen-bond donors (Lipinski definition) is 1. The van der Waals surface area contributed by atoms with Crippen molar-refractivity contribution in [2.75, 3.05) is 0 Å². The van der Waals surface area contributed by atoms with E-state index in [1.54, 1.807) is 0 Å². The van der Waals surface area contributed by atoms with Gasteiger partial charge in [0, 0.05) is 0 Å². The number of aliphatic carboxylic acids is 1. The third kappa shape index (κ3) is 2.01. The van der Waals surface area contributed by atoms with Crippen LogP contribution in [-0.2, 0) is 11.2 Å². The third-order valence-corrected chi connectivity index (χ3v) is 4.18. The number of fused-ring (bicyclic) bond motifs is 4. The first kappa shape index (κ1) is 12.8. The molecule has 0 fully saturated rings. The topological polar surface area (TPSA) is 37.3 Å². The van der Waals surface area contributed by atoms with Gasteiger partial charge in [0.15, 0.2) is 0 Å². The van der Waals surface area contributed by atoms with Crippen molar-refractivity contribution in [3.05, 3.63) is 72.3 Å². The van der Waals surface area contributed by atoms with Crippen LogP contribution in [0.2, 0.25) is 0 Å². The molecule has 0 atom stereocenters. The maximum absolute atomic E-state index is 11.1. The monoisotopic (exact) mass is 286 g/mol. The fraction of sp³-hybridized carbons (Fsp3) is 0.0500. The first-order valence-electron chi connectivity index (χ1n) is 7.27. The highest BCUT2D eigenvalue weighted by Crippen LogP contribution is 2.30. The van der Waals surface area contributed by atoms with Crippen molar-refractivity contribution < 1.29 is 9.90 Å². The molecule has 4 rings (SSSR count). The van der Waals surface area contributed by atoms with Gasteiger partial charge < -0.3 is 5.11 Å². The summed E-state index contributed by atoms with van der Waals surface area (Å²) in [5.74, 6) is -0.800. The molecule has 0 spiro atoms. The van der Waals surface area contributed by atoms with Gasteiger partial charge in [0.1, 0.15) is 0 Å². The van der Waals surface area contributed by atoms with Crippen molar-refractivity contribution >= 4 is 38.3 Å². The summed E-state index contributed by atoms with van der Waals surface area (Å²) in [6.07, 6.45) is 0.0520. The highest BCUT2D eigenvalue weighted by atomic mass is 16.4. The van der Waals surface area contributed by atoms with Gasteiger partial charge in [-0.2, -0.15) is 0 Å². The first-order valence-corrected chi connectivity index (χ1v) is 7.27. The normalized spacial score (nSPS) is 11.3. The van der Waals surface area contributed by atoms with Crippen LogP contribution in [0, 0.1) is 0 Å². The van der Waals surface area contributed by atoms with E-state index in [9.17, 15) is 4.79 Å². The number of carbonyl (C=O) groups is 1. The number of carboxylic acids is 1. The van der Waals surface area contributed by atoms with Crippen LogP contribution in [-0.4, -0.2) is 11.1 Å². The Kier molecular flexibility index (Phi) is 2.83. The molecule has 0 aliphatic carbocycles. The van der Waals surface area contributed by atoms with Gasteiger partial charge in [-0.15, -0.1) is 0 Å². The van der Waals surface area contributed by atoms with Crippen LogP contribution in [0.25, 0.3) is 32.3 Å². The molecule has 4 aromatic carbocycles. The Morgan fingerprint density at radius 1 is 0.727 bits per heavy atom. The lowest BCUT2D eigenvalue weighted by molar-refractivity contribution is -0.136.